The molecular formula is C13H15BrN4O. The lowest BCUT2D eigenvalue weighted by Gasteiger charge is -2.07. The van der Waals surface area contributed by atoms with E-state index in [0.717, 1.165) is 15.9 Å². The number of nitrogens with two attached hydrogens (primary N) is 1. The van der Waals surface area contributed by atoms with Crippen LogP contribution in [0.3, 0.4) is 0 Å². The molecule has 5 nitrogen and oxygen atoms in total. The number of rotatable bonds is 3. The second kappa shape index (κ2) is 5.44. The van der Waals surface area contributed by atoms with E-state index in [-0.39, 0.29) is 5.84 Å². The molecule has 2 aromatic rings. The molecule has 1 aromatic heterocycles. The van der Waals surface area contributed by atoms with E-state index in [1.54, 1.807) is 16.8 Å². The number of benzene rings is 1. The van der Waals surface area contributed by atoms with E-state index in [9.17, 15) is 0 Å². The van der Waals surface area contributed by atoms with Gasteiger partial charge in [-0.1, -0.05) is 19.0 Å². The van der Waals surface area contributed by atoms with Crippen LogP contribution >= 0.6 is 15.9 Å². The van der Waals surface area contributed by atoms with Crippen LogP contribution in [0.2, 0.25) is 0 Å². The van der Waals surface area contributed by atoms with Crippen LogP contribution in [0.1, 0.15) is 31.0 Å². The van der Waals surface area contributed by atoms with Gasteiger partial charge in [0.1, 0.15) is 0 Å². The molecular weight excluding hydrogens is 308 g/mol. The Labute approximate surface area is 119 Å². The van der Waals surface area contributed by atoms with Gasteiger partial charge in [0.05, 0.1) is 11.4 Å². The minimum atomic E-state index is 0.0792. The summed E-state index contributed by atoms with van der Waals surface area (Å²) in [5.74, 6) is 0.465. The molecule has 0 saturated heterocycles. The van der Waals surface area contributed by atoms with Crippen LogP contribution in [0, 0.1) is 0 Å². The van der Waals surface area contributed by atoms with E-state index in [1.165, 1.54) is 0 Å². The third-order valence-electron chi connectivity index (χ3n) is 2.80. The molecule has 2 rings (SSSR count). The number of hydrogen-bond donors (Lipinski definition) is 2. The van der Waals surface area contributed by atoms with Gasteiger partial charge in [-0.3, -0.25) is 0 Å². The SMILES string of the molecule is CC(C)c1ccn(-c2ccc(/C(N)=N/O)cc2Br)n1. The molecule has 0 aliphatic rings. The number of hydrogen-bond acceptors (Lipinski definition) is 3. The van der Waals surface area contributed by atoms with Crippen molar-refractivity contribution in [3.8, 4) is 5.69 Å². The highest BCUT2D eigenvalue weighted by atomic mass is 79.9. The molecule has 0 unspecified atom stereocenters. The number of oxime groups is 1. The molecule has 0 spiro atoms. The molecule has 0 fully saturated rings. The summed E-state index contributed by atoms with van der Waals surface area (Å²) < 4.78 is 2.63. The molecule has 0 aliphatic carbocycles. The van der Waals surface area contributed by atoms with Crippen molar-refractivity contribution in [1.29, 1.82) is 0 Å². The maximum atomic E-state index is 8.66. The molecule has 3 N–H and O–H groups in total. The fraction of sp³-hybridized carbons (Fsp3) is 0.231. The summed E-state index contributed by atoms with van der Waals surface area (Å²) in [4.78, 5) is 0. The van der Waals surface area contributed by atoms with Crippen molar-refractivity contribution in [1.82, 2.24) is 9.78 Å². The van der Waals surface area contributed by atoms with Gasteiger partial charge in [0, 0.05) is 16.2 Å². The molecule has 6 heteroatoms. The van der Waals surface area contributed by atoms with Crippen molar-refractivity contribution < 1.29 is 5.21 Å². The molecule has 0 atom stereocenters. The smallest absolute Gasteiger partial charge is 0.170 e. The highest BCUT2D eigenvalue weighted by Crippen LogP contribution is 2.23. The Morgan fingerprint density at radius 2 is 2.16 bits per heavy atom. The predicted octanol–water partition coefficient (Wildman–Crippen LogP) is 2.85. The van der Waals surface area contributed by atoms with Gasteiger partial charge in [-0.2, -0.15) is 5.10 Å². The van der Waals surface area contributed by atoms with Crippen LogP contribution in [0.4, 0.5) is 0 Å². The van der Waals surface area contributed by atoms with Gasteiger partial charge in [0.25, 0.3) is 0 Å². The zero-order chi connectivity index (χ0) is 14.0. The average Bonchev–Trinajstić information content (AvgIpc) is 2.87. The molecule has 0 bridgehead atoms. The summed E-state index contributed by atoms with van der Waals surface area (Å²) in [6, 6.07) is 7.44. The minimum Gasteiger partial charge on any atom is -0.409 e. The summed E-state index contributed by atoms with van der Waals surface area (Å²) in [6.45, 7) is 4.20. The maximum absolute atomic E-state index is 8.66. The summed E-state index contributed by atoms with van der Waals surface area (Å²) in [6.07, 6.45) is 1.92. The molecule has 1 heterocycles. The molecule has 19 heavy (non-hydrogen) atoms. The Kier molecular flexibility index (Phi) is 3.90. The van der Waals surface area contributed by atoms with Crippen molar-refractivity contribution in [2.24, 2.45) is 10.9 Å². The van der Waals surface area contributed by atoms with E-state index in [0.29, 0.717) is 11.5 Å². The Morgan fingerprint density at radius 1 is 1.42 bits per heavy atom. The van der Waals surface area contributed by atoms with Crippen LogP contribution < -0.4 is 5.73 Å². The number of nitrogens with zero attached hydrogens (tertiary/aromatic N) is 3. The van der Waals surface area contributed by atoms with E-state index in [4.69, 9.17) is 10.9 Å². The second-order valence-corrected chi connectivity index (χ2v) is 5.35. The summed E-state index contributed by atoms with van der Waals surface area (Å²) in [5, 5.41) is 16.2. The van der Waals surface area contributed by atoms with E-state index >= 15 is 0 Å². The van der Waals surface area contributed by atoms with Gasteiger partial charge in [0.15, 0.2) is 5.84 Å². The normalized spacial score (nSPS) is 12.1. The van der Waals surface area contributed by atoms with Crippen LogP contribution in [0.15, 0.2) is 40.1 Å². The second-order valence-electron chi connectivity index (χ2n) is 4.49. The number of aromatic nitrogens is 2. The Balaban J connectivity index is 2.40. The number of amidine groups is 1. The summed E-state index contributed by atoms with van der Waals surface area (Å²) >= 11 is 3.47. The largest absolute Gasteiger partial charge is 0.409 e. The van der Waals surface area contributed by atoms with Gasteiger partial charge < -0.3 is 10.9 Å². The topological polar surface area (TPSA) is 76.4 Å². The predicted molar refractivity (Wildman–Crippen MR) is 77.9 cm³/mol. The Bertz CT molecular complexity index is 619. The van der Waals surface area contributed by atoms with Gasteiger partial charge in [-0.05, 0) is 46.1 Å². The van der Waals surface area contributed by atoms with Crippen LogP contribution in [-0.4, -0.2) is 20.8 Å². The summed E-state index contributed by atoms with van der Waals surface area (Å²) in [7, 11) is 0. The van der Waals surface area contributed by atoms with Gasteiger partial charge in [0.2, 0.25) is 0 Å². The first-order valence-electron chi connectivity index (χ1n) is 5.86. The average molecular weight is 323 g/mol. The first kappa shape index (κ1) is 13.6. The molecule has 0 radical (unpaired) electrons. The lowest BCUT2D eigenvalue weighted by molar-refractivity contribution is 0.318. The van der Waals surface area contributed by atoms with E-state index in [2.05, 4.69) is 40.0 Å². The number of halogens is 1. The van der Waals surface area contributed by atoms with Crippen molar-refractivity contribution in [3.63, 3.8) is 0 Å². The summed E-state index contributed by atoms with van der Waals surface area (Å²) in [5.41, 5.74) is 8.14. The van der Waals surface area contributed by atoms with Crippen LogP contribution in [-0.2, 0) is 0 Å². The van der Waals surface area contributed by atoms with Gasteiger partial charge in [-0.15, -0.1) is 0 Å². The van der Waals surface area contributed by atoms with E-state index < -0.39 is 0 Å². The fourth-order valence-electron chi connectivity index (χ4n) is 1.69. The van der Waals surface area contributed by atoms with Crippen molar-refractivity contribution in [2.45, 2.75) is 19.8 Å². The quantitative estimate of drug-likeness (QED) is 0.395. The third-order valence-corrected chi connectivity index (χ3v) is 3.43. The molecule has 1 aromatic carbocycles. The lowest BCUT2D eigenvalue weighted by atomic mass is 10.1. The van der Waals surface area contributed by atoms with Crippen LogP contribution in [0.5, 0.6) is 0 Å². The monoisotopic (exact) mass is 322 g/mol. The van der Waals surface area contributed by atoms with E-state index in [1.807, 2.05) is 18.3 Å². The van der Waals surface area contributed by atoms with Crippen molar-refractivity contribution >= 4 is 21.8 Å². The van der Waals surface area contributed by atoms with Crippen molar-refractivity contribution in [3.05, 3.63) is 46.2 Å². The highest BCUT2D eigenvalue weighted by Gasteiger charge is 2.09. The Morgan fingerprint density at radius 3 is 2.68 bits per heavy atom. The first-order valence-corrected chi connectivity index (χ1v) is 6.65. The fourth-order valence-corrected chi connectivity index (χ4v) is 2.25. The maximum Gasteiger partial charge on any atom is 0.170 e. The minimum absolute atomic E-state index is 0.0792. The first-order chi connectivity index (χ1) is 9.02. The molecule has 100 valence electrons. The van der Waals surface area contributed by atoms with Gasteiger partial charge in [-0.25, -0.2) is 4.68 Å². The molecule has 0 saturated carbocycles. The lowest BCUT2D eigenvalue weighted by Crippen LogP contribution is -2.13. The van der Waals surface area contributed by atoms with Gasteiger partial charge >= 0.3 is 0 Å². The highest BCUT2D eigenvalue weighted by molar-refractivity contribution is 9.10. The van der Waals surface area contributed by atoms with Crippen LogP contribution in [0.25, 0.3) is 5.69 Å². The Hall–Kier alpha value is -1.82. The zero-order valence-electron chi connectivity index (χ0n) is 10.7. The molecule has 0 aliphatic heterocycles. The van der Waals surface area contributed by atoms with Crippen molar-refractivity contribution in [2.75, 3.05) is 0 Å². The molecule has 0 amide bonds. The third kappa shape index (κ3) is 2.78. The standard InChI is InChI=1S/C13H15BrN4O/c1-8(2)11-5-6-18(16-11)12-4-3-9(7-10(12)14)13(15)17-19/h3-8,19H,1-2H3,(H2,15,17). The zero-order valence-corrected chi connectivity index (χ0v) is 12.3.